The third kappa shape index (κ3) is 9.17. The van der Waals surface area contributed by atoms with Gasteiger partial charge < -0.3 is 21.1 Å². The zero-order valence-corrected chi connectivity index (χ0v) is 9.24. The van der Waals surface area contributed by atoms with Crippen molar-refractivity contribution in [2.24, 2.45) is 5.73 Å². The Labute approximate surface area is 88.7 Å². The SMILES string of the molecule is CC(C)(C)OC(=O)CC[C@H](N)C(=O)O.O. The number of carbonyl (C=O) groups is 2. The Morgan fingerprint density at radius 1 is 1.40 bits per heavy atom. The Hall–Kier alpha value is -1.14. The smallest absolute Gasteiger partial charge is 0.320 e. The van der Waals surface area contributed by atoms with Crippen molar-refractivity contribution >= 4 is 11.9 Å². The molecular weight excluding hydrogens is 202 g/mol. The van der Waals surface area contributed by atoms with E-state index in [0.717, 1.165) is 0 Å². The van der Waals surface area contributed by atoms with Gasteiger partial charge in [0.15, 0.2) is 0 Å². The molecule has 0 heterocycles. The quantitative estimate of drug-likeness (QED) is 0.631. The highest BCUT2D eigenvalue weighted by Crippen LogP contribution is 2.09. The molecule has 0 radical (unpaired) electrons. The minimum absolute atomic E-state index is 0. The number of carbonyl (C=O) groups excluding carboxylic acids is 1. The molecule has 0 unspecified atom stereocenters. The molecule has 0 aromatic carbocycles. The lowest BCUT2D eigenvalue weighted by atomic mass is 10.1. The maximum absolute atomic E-state index is 11.1. The van der Waals surface area contributed by atoms with Crippen molar-refractivity contribution in [3.8, 4) is 0 Å². The third-order valence-electron chi connectivity index (χ3n) is 1.40. The maximum Gasteiger partial charge on any atom is 0.320 e. The van der Waals surface area contributed by atoms with Gasteiger partial charge in [0.1, 0.15) is 11.6 Å². The lowest BCUT2D eigenvalue weighted by molar-refractivity contribution is -0.155. The first-order chi connectivity index (χ1) is 6.22. The fourth-order valence-electron chi connectivity index (χ4n) is 0.789. The molecule has 0 amide bonds. The van der Waals surface area contributed by atoms with E-state index in [1.165, 1.54) is 0 Å². The number of carboxylic acid groups (broad SMARTS) is 1. The van der Waals surface area contributed by atoms with Gasteiger partial charge in [-0.15, -0.1) is 0 Å². The molecule has 15 heavy (non-hydrogen) atoms. The van der Waals surface area contributed by atoms with Gasteiger partial charge in [-0.25, -0.2) is 0 Å². The molecule has 0 aliphatic carbocycles. The average molecular weight is 221 g/mol. The highest BCUT2D eigenvalue weighted by molar-refractivity contribution is 5.75. The molecule has 0 bridgehead atoms. The standard InChI is InChI=1S/C9H17NO4.H2O/c1-9(2,3)14-7(11)5-4-6(10)8(12)13;/h6H,4-5,10H2,1-3H3,(H,12,13);1H2/t6-;/m0./s1. The number of aliphatic carboxylic acids is 1. The summed E-state index contributed by atoms with van der Waals surface area (Å²) in [5.41, 5.74) is 4.68. The molecule has 1 atom stereocenters. The first-order valence-electron chi connectivity index (χ1n) is 4.42. The molecule has 0 aromatic heterocycles. The van der Waals surface area contributed by atoms with Crippen molar-refractivity contribution in [1.29, 1.82) is 0 Å². The predicted molar refractivity (Wildman–Crippen MR) is 54.3 cm³/mol. The van der Waals surface area contributed by atoms with Gasteiger partial charge in [0, 0.05) is 6.42 Å². The summed E-state index contributed by atoms with van der Waals surface area (Å²) in [5, 5.41) is 8.45. The summed E-state index contributed by atoms with van der Waals surface area (Å²) in [6.07, 6.45) is 0.134. The number of carboxylic acids is 1. The van der Waals surface area contributed by atoms with Gasteiger partial charge in [0.05, 0.1) is 0 Å². The Balaban J connectivity index is 0. The van der Waals surface area contributed by atoms with Crippen LogP contribution in [0.15, 0.2) is 0 Å². The van der Waals surface area contributed by atoms with Crippen LogP contribution in [0.5, 0.6) is 0 Å². The van der Waals surface area contributed by atoms with Crippen LogP contribution in [0.4, 0.5) is 0 Å². The number of esters is 1. The Morgan fingerprint density at radius 2 is 1.87 bits per heavy atom. The summed E-state index contributed by atoms with van der Waals surface area (Å²) >= 11 is 0. The summed E-state index contributed by atoms with van der Waals surface area (Å²) in [5.74, 6) is -1.53. The van der Waals surface area contributed by atoms with Crippen LogP contribution in [-0.4, -0.2) is 34.2 Å². The van der Waals surface area contributed by atoms with Gasteiger partial charge in [-0.3, -0.25) is 9.59 Å². The molecule has 0 saturated carbocycles. The third-order valence-corrected chi connectivity index (χ3v) is 1.40. The minimum atomic E-state index is -1.10. The second-order valence-electron chi connectivity index (χ2n) is 4.07. The largest absolute Gasteiger partial charge is 0.480 e. The fourth-order valence-corrected chi connectivity index (χ4v) is 0.789. The summed E-state index contributed by atoms with van der Waals surface area (Å²) in [4.78, 5) is 21.4. The van der Waals surface area contributed by atoms with Gasteiger partial charge in [-0.05, 0) is 27.2 Å². The van der Waals surface area contributed by atoms with Gasteiger partial charge in [-0.1, -0.05) is 0 Å². The van der Waals surface area contributed by atoms with Crippen LogP contribution >= 0.6 is 0 Å². The zero-order chi connectivity index (χ0) is 11.4. The topological polar surface area (TPSA) is 121 Å². The van der Waals surface area contributed by atoms with Crippen LogP contribution in [0.1, 0.15) is 33.6 Å². The molecule has 5 N–H and O–H groups in total. The first-order valence-corrected chi connectivity index (χ1v) is 4.42. The number of rotatable bonds is 4. The van der Waals surface area contributed by atoms with Crippen LogP contribution in [0.3, 0.4) is 0 Å². The highest BCUT2D eigenvalue weighted by atomic mass is 16.6. The Kier molecular flexibility index (Phi) is 6.91. The van der Waals surface area contributed by atoms with E-state index in [4.69, 9.17) is 15.6 Å². The summed E-state index contributed by atoms with van der Waals surface area (Å²) in [6.45, 7) is 5.26. The Bertz CT molecular complexity index is 221. The second kappa shape index (κ2) is 6.36. The van der Waals surface area contributed by atoms with Crippen molar-refractivity contribution in [3.63, 3.8) is 0 Å². The molecule has 0 rings (SSSR count). The van der Waals surface area contributed by atoms with Crippen molar-refractivity contribution < 1.29 is 24.9 Å². The van der Waals surface area contributed by atoms with Gasteiger partial charge >= 0.3 is 11.9 Å². The molecule has 0 spiro atoms. The number of hydrogen-bond acceptors (Lipinski definition) is 4. The predicted octanol–water partition coefficient (Wildman–Crippen LogP) is -0.305. The molecule has 0 aliphatic heterocycles. The Morgan fingerprint density at radius 3 is 2.20 bits per heavy atom. The van der Waals surface area contributed by atoms with Crippen LogP contribution in [0, 0.1) is 0 Å². The summed E-state index contributed by atoms with van der Waals surface area (Å²) in [7, 11) is 0. The maximum atomic E-state index is 11.1. The molecule has 6 nitrogen and oxygen atoms in total. The van der Waals surface area contributed by atoms with Crippen molar-refractivity contribution in [1.82, 2.24) is 0 Å². The fraction of sp³-hybridized carbons (Fsp3) is 0.778. The van der Waals surface area contributed by atoms with Crippen LogP contribution in [0.25, 0.3) is 0 Å². The van der Waals surface area contributed by atoms with Crippen LogP contribution in [-0.2, 0) is 14.3 Å². The second-order valence-corrected chi connectivity index (χ2v) is 4.07. The van der Waals surface area contributed by atoms with E-state index in [9.17, 15) is 9.59 Å². The summed E-state index contributed by atoms with van der Waals surface area (Å²) in [6, 6.07) is -0.998. The van der Waals surface area contributed by atoms with Gasteiger partial charge in [0.25, 0.3) is 0 Å². The molecule has 90 valence electrons. The lowest BCUT2D eigenvalue weighted by Gasteiger charge is -2.19. The van der Waals surface area contributed by atoms with Crippen LogP contribution in [0.2, 0.25) is 0 Å². The van der Waals surface area contributed by atoms with Crippen LogP contribution < -0.4 is 5.73 Å². The van der Waals surface area contributed by atoms with E-state index in [-0.39, 0.29) is 18.3 Å². The summed E-state index contributed by atoms with van der Waals surface area (Å²) < 4.78 is 4.98. The van der Waals surface area contributed by atoms with E-state index in [0.29, 0.717) is 0 Å². The number of hydrogen-bond donors (Lipinski definition) is 2. The molecule has 6 heteroatoms. The van der Waals surface area contributed by atoms with E-state index in [1.54, 1.807) is 20.8 Å². The molecule has 0 aromatic rings. The van der Waals surface area contributed by atoms with E-state index < -0.39 is 23.6 Å². The number of ether oxygens (including phenoxy) is 1. The first kappa shape index (κ1) is 16.3. The molecular formula is C9H19NO5. The molecule has 0 fully saturated rings. The van der Waals surface area contributed by atoms with Crippen molar-refractivity contribution in [3.05, 3.63) is 0 Å². The van der Waals surface area contributed by atoms with Gasteiger partial charge in [-0.2, -0.15) is 0 Å². The average Bonchev–Trinajstić information content (AvgIpc) is 1.96. The van der Waals surface area contributed by atoms with E-state index >= 15 is 0 Å². The normalized spacial score (nSPS) is 12.5. The highest BCUT2D eigenvalue weighted by Gasteiger charge is 2.18. The van der Waals surface area contributed by atoms with Crippen molar-refractivity contribution in [2.75, 3.05) is 0 Å². The van der Waals surface area contributed by atoms with Gasteiger partial charge in [0.2, 0.25) is 0 Å². The van der Waals surface area contributed by atoms with E-state index in [1.807, 2.05) is 0 Å². The lowest BCUT2D eigenvalue weighted by Crippen LogP contribution is -2.31. The number of nitrogens with two attached hydrogens (primary N) is 1. The zero-order valence-electron chi connectivity index (χ0n) is 9.24. The monoisotopic (exact) mass is 221 g/mol. The molecule has 0 saturated heterocycles. The molecule has 0 aliphatic rings. The minimum Gasteiger partial charge on any atom is -0.480 e. The van der Waals surface area contributed by atoms with Crippen molar-refractivity contribution in [2.45, 2.75) is 45.3 Å². The van der Waals surface area contributed by atoms with E-state index in [2.05, 4.69) is 0 Å².